The zero-order chi connectivity index (χ0) is 30.9. The largest absolute Gasteiger partial charge is 0.507 e. The quantitative estimate of drug-likeness (QED) is 0.362. The number of hydrogen-bond donors (Lipinski definition) is 4. The number of carbonyl (C=O) groups excluding carboxylic acids is 3. The third-order valence-corrected chi connectivity index (χ3v) is 7.22. The van der Waals surface area contributed by atoms with E-state index >= 15 is 0 Å². The number of nitrogens with zero attached hydrogens (tertiary/aromatic N) is 1. The summed E-state index contributed by atoms with van der Waals surface area (Å²) in [6, 6.07) is 4.90. The summed E-state index contributed by atoms with van der Waals surface area (Å²) in [5.41, 5.74) is -0.236. The van der Waals surface area contributed by atoms with Gasteiger partial charge in [-0.25, -0.2) is 0 Å². The third-order valence-electron chi connectivity index (χ3n) is 6.90. The number of rotatable bonds is 7. The lowest BCUT2D eigenvalue weighted by Gasteiger charge is -2.32. The number of phenols is 1. The minimum Gasteiger partial charge on any atom is -0.507 e. The van der Waals surface area contributed by atoms with Crippen LogP contribution in [0.1, 0.15) is 59.8 Å². The van der Waals surface area contributed by atoms with Crippen molar-refractivity contribution in [2.24, 2.45) is 0 Å². The zero-order valence-electron chi connectivity index (χ0n) is 23.5. The number of carbonyl (C=O) groups is 3. The lowest BCUT2D eigenvalue weighted by molar-refractivity contribution is -0.146. The number of halogens is 4. The molecule has 224 valence electrons. The molecule has 41 heavy (non-hydrogen) atoms. The maximum atomic E-state index is 13.6. The van der Waals surface area contributed by atoms with Gasteiger partial charge in [0.25, 0.3) is 11.8 Å². The molecule has 0 bridgehead atoms. The van der Waals surface area contributed by atoms with Crippen LogP contribution in [0.15, 0.2) is 36.4 Å². The molecule has 1 saturated heterocycles. The van der Waals surface area contributed by atoms with Crippen LogP contribution in [-0.2, 0) is 22.2 Å². The first-order valence-electron chi connectivity index (χ1n) is 13.1. The molecule has 1 fully saturated rings. The molecule has 3 amide bonds. The second-order valence-electron chi connectivity index (χ2n) is 11.4. The van der Waals surface area contributed by atoms with Crippen LogP contribution >= 0.6 is 11.6 Å². The fourth-order valence-corrected chi connectivity index (χ4v) is 5.04. The van der Waals surface area contributed by atoms with Crippen molar-refractivity contribution in [1.82, 2.24) is 15.5 Å². The Hall–Kier alpha value is -3.31. The van der Waals surface area contributed by atoms with Crippen molar-refractivity contribution >= 4 is 29.3 Å². The molecule has 0 radical (unpaired) electrons. The Morgan fingerprint density at radius 2 is 1.68 bits per heavy atom. The van der Waals surface area contributed by atoms with Crippen molar-refractivity contribution < 1.29 is 37.8 Å². The standard InChI is InChI=1S/C29H35ClF3N3O5/c1-15-6-11-20(16(2)23(15)37)25(39)34-21(12-17-7-9-18(10-8-17)29(31,32)33)24(38)27(41)36-14-19(30)13-22(36)26(40)35-28(3,4)5/h6-11,19,21-22,24,37-38H,12-14H2,1-5H3,(H,34,39)(H,35,40)/t19-,21-,22-,24-/m0/s1. The van der Waals surface area contributed by atoms with Gasteiger partial charge in [-0.2, -0.15) is 13.2 Å². The van der Waals surface area contributed by atoms with Gasteiger partial charge in [0.2, 0.25) is 5.91 Å². The van der Waals surface area contributed by atoms with E-state index in [1.165, 1.54) is 31.2 Å². The summed E-state index contributed by atoms with van der Waals surface area (Å²) in [7, 11) is 0. The van der Waals surface area contributed by atoms with E-state index in [1.54, 1.807) is 27.7 Å². The maximum Gasteiger partial charge on any atom is 0.416 e. The average molecular weight is 598 g/mol. The Kier molecular flexibility index (Phi) is 9.65. The number of benzene rings is 2. The molecule has 8 nitrogen and oxygen atoms in total. The molecular formula is C29H35ClF3N3O5. The SMILES string of the molecule is Cc1ccc(C(=O)N[C@@H](Cc2ccc(C(F)(F)F)cc2)[C@H](O)C(=O)N2C[C@@H](Cl)C[C@H]2C(=O)NC(C)(C)C)c(C)c1O. The van der Waals surface area contributed by atoms with Crippen LogP contribution < -0.4 is 10.6 Å². The smallest absolute Gasteiger partial charge is 0.416 e. The van der Waals surface area contributed by atoms with Crippen molar-refractivity contribution in [3.05, 3.63) is 64.2 Å². The minimum atomic E-state index is -4.55. The number of aliphatic hydroxyl groups excluding tert-OH is 1. The van der Waals surface area contributed by atoms with E-state index in [2.05, 4.69) is 10.6 Å². The fourth-order valence-electron chi connectivity index (χ4n) is 4.72. The molecule has 1 aliphatic rings. The van der Waals surface area contributed by atoms with Crippen molar-refractivity contribution in [3.8, 4) is 5.75 Å². The van der Waals surface area contributed by atoms with E-state index in [0.29, 0.717) is 11.1 Å². The molecule has 12 heteroatoms. The number of likely N-dealkylation sites (tertiary alicyclic amines) is 1. The predicted octanol–water partition coefficient (Wildman–Crippen LogP) is 3.85. The molecular weight excluding hydrogens is 563 g/mol. The molecule has 0 aromatic heterocycles. The van der Waals surface area contributed by atoms with Crippen LogP contribution in [0.3, 0.4) is 0 Å². The van der Waals surface area contributed by atoms with Gasteiger partial charge in [-0.3, -0.25) is 14.4 Å². The van der Waals surface area contributed by atoms with Gasteiger partial charge in [-0.05, 0) is 76.8 Å². The Morgan fingerprint density at radius 3 is 2.24 bits per heavy atom. The molecule has 2 aromatic rings. The molecule has 0 spiro atoms. The summed E-state index contributed by atoms with van der Waals surface area (Å²) in [5.74, 6) is -2.11. The summed E-state index contributed by atoms with van der Waals surface area (Å²) < 4.78 is 39.2. The Bertz CT molecular complexity index is 1290. The number of aromatic hydroxyl groups is 1. The summed E-state index contributed by atoms with van der Waals surface area (Å²) in [6.45, 7) is 8.50. The van der Waals surface area contributed by atoms with Gasteiger partial charge in [0, 0.05) is 23.2 Å². The average Bonchev–Trinajstić information content (AvgIpc) is 3.26. The lowest BCUT2D eigenvalue weighted by atomic mass is 9.97. The van der Waals surface area contributed by atoms with Crippen molar-refractivity contribution in [3.63, 3.8) is 0 Å². The highest BCUT2D eigenvalue weighted by Crippen LogP contribution is 2.30. The third kappa shape index (κ3) is 7.91. The van der Waals surface area contributed by atoms with Gasteiger partial charge in [-0.1, -0.05) is 18.2 Å². The number of aryl methyl sites for hydroxylation is 1. The highest BCUT2D eigenvalue weighted by Gasteiger charge is 2.43. The van der Waals surface area contributed by atoms with E-state index < -0.39 is 58.6 Å². The van der Waals surface area contributed by atoms with Crippen molar-refractivity contribution in [2.75, 3.05) is 6.54 Å². The summed E-state index contributed by atoms with van der Waals surface area (Å²) in [4.78, 5) is 40.9. The van der Waals surface area contributed by atoms with Crippen molar-refractivity contribution in [2.45, 2.75) is 82.7 Å². The normalized spacial score (nSPS) is 19.0. The first-order valence-corrected chi connectivity index (χ1v) is 13.5. The minimum absolute atomic E-state index is 0.0223. The number of nitrogens with one attached hydrogen (secondary N) is 2. The van der Waals surface area contributed by atoms with E-state index in [0.717, 1.165) is 17.0 Å². The van der Waals surface area contributed by atoms with Gasteiger partial charge >= 0.3 is 6.18 Å². The Morgan fingerprint density at radius 1 is 1.07 bits per heavy atom. The first kappa shape index (κ1) is 32.2. The first-order chi connectivity index (χ1) is 18.9. The summed E-state index contributed by atoms with van der Waals surface area (Å²) in [6.07, 6.45) is -6.47. The summed E-state index contributed by atoms with van der Waals surface area (Å²) in [5, 5.41) is 26.4. The number of phenolic OH excluding ortho intramolecular Hbond substituents is 1. The molecule has 0 saturated carbocycles. The van der Waals surface area contributed by atoms with E-state index in [1.807, 2.05) is 0 Å². The van der Waals surface area contributed by atoms with Crippen LogP contribution in [0.2, 0.25) is 0 Å². The molecule has 0 unspecified atom stereocenters. The van der Waals surface area contributed by atoms with Crippen LogP contribution in [0.5, 0.6) is 5.75 Å². The Balaban J connectivity index is 1.92. The highest BCUT2D eigenvalue weighted by molar-refractivity contribution is 6.21. The highest BCUT2D eigenvalue weighted by atomic mass is 35.5. The van der Waals surface area contributed by atoms with Crippen LogP contribution in [0.4, 0.5) is 13.2 Å². The van der Waals surface area contributed by atoms with E-state index in [4.69, 9.17) is 11.6 Å². The lowest BCUT2D eigenvalue weighted by Crippen LogP contribution is -2.57. The van der Waals surface area contributed by atoms with Crippen LogP contribution in [0.25, 0.3) is 0 Å². The number of aliphatic hydroxyl groups is 1. The van der Waals surface area contributed by atoms with Gasteiger partial charge < -0.3 is 25.7 Å². The summed E-state index contributed by atoms with van der Waals surface area (Å²) >= 11 is 6.30. The predicted molar refractivity (Wildman–Crippen MR) is 148 cm³/mol. The van der Waals surface area contributed by atoms with Gasteiger partial charge in [0.05, 0.1) is 17.0 Å². The zero-order valence-corrected chi connectivity index (χ0v) is 24.2. The molecule has 4 atom stereocenters. The van der Waals surface area contributed by atoms with E-state index in [-0.39, 0.29) is 36.3 Å². The molecule has 1 heterocycles. The second-order valence-corrected chi connectivity index (χ2v) is 12.0. The van der Waals surface area contributed by atoms with E-state index in [9.17, 15) is 37.8 Å². The topological polar surface area (TPSA) is 119 Å². The number of amides is 3. The van der Waals surface area contributed by atoms with Gasteiger partial charge in [0.1, 0.15) is 11.8 Å². The molecule has 3 rings (SSSR count). The molecule has 0 aliphatic carbocycles. The molecule has 2 aromatic carbocycles. The van der Waals surface area contributed by atoms with Crippen LogP contribution in [-0.4, -0.2) is 68.5 Å². The monoisotopic (exact) mass is 597 g/mol. The molecule has 1 aliphatic heterocycles. The number of alkyl halides is 4. The van der Waals surface area contributed by atoms with Gasteiger partial charge in [-0.15, -0.1) is 11.6 Å². The second kappa shape index (κ2) is 12.3. The number of hydrogen-bond acceptors (Lipinski definition) is 5. The van der Waals surface area contributed by atoms with Crippen LogP contribution in [0, 0.1) is 13.8 Å². The van der Waals surface area contributed by atoms with Crippen molar-refractivity contribution in [1.29, 1.82) is 0 Å². The maximum absolute atomic E-state index is 13.6. The fraction of sp³-hybridized carbons (Fsp3) is 0.483. The molecule has 4 N–H and O–H groups in total. The Labute approximate surface area is 241 Å². The van der Waals surface area contributed by atoms with Gasteiger partial charge in [0.15, 0.2) is 6.10 Å².